The van der Waals surface area contributed by atoms with Gasteiger partial charge in [0.2, 0.25) is 11.8 Å². The van der Waals surface area contributed by atoms with Gasteiger partial charge in [-0.05, 0) is 30.0 Å². The predicted octanol–water partition coefficient (Wildman–Crippen LogP) is 2.09. The number of aromatic nitrogens is 3. The van der Waals surface area contributed by atoms with Crippen molar-refractivity contribution in [1.82, 2.24) is 15.0 Å². The smallest absolute Gasteiger partial charge is 0.224 e. The zero-order valence-electron chi connectivity index (χ0n) is 7.77. The second-order valence-electron chi connectivity index (χ2n) is 2.61. The first-order chi connectivity index (χ1) is 7.19. The molecule has 0 aromatic carbocycles. The molecule has 2 aromatic rings. The Bertz CT molecular complexity index is 487. The van der Waals surface area contributed by atoms with E-state index in [1.54, 1.807) is 12.1 Å². The van der Waals surface area contributed by atoms with Crippen molar-refractivity contribution in [2.45, 2.75) is 5.16 Å². The number of nitrogens with two attached hydrogens (primary N) is 1. The summed E-state index contributed by atoms with van der Waals surface area (Å²) < 4.78 is 5.17. The molecule has 78 valence electrons. The molecule has 2 heterocycles. The SMILES string of the molecule is CSc1nc(N)nc(-c2ccc(Cl)o2)n1. The Morgan fingerprint density at radius 2 is 2.13 bits per heavy atom. The van der Waals surface area contributed by atoms with E-state index >= 15 is 0 Å². The first-order valence-corrected chi connectivity index (χ1v) is 5.60. The Hall–Kier alpha value is -1.27. The van der Waals surface area contributed by atoms with Crippen molar-refractivity contribution in [1.29, 1.82) is 0 Å². The molecule has 0 radical (unpaired) electrons. The number of rotatable bonds is 2. The number of hydrogen-bond acceptors (Lipinski definition) is 6. The van der Waals surface area contributed by atoms with Crippen molar-refractivity contribution >= 4 is 29.3 Å². The van der Waals surface area contributed by atoms with Crippen LogP contribution < -0.4 is 5.73 Å². The fourth-order valence-corrected chi connectivity index (χ4v) is 1.52. The molecule has 7 heteroatoms. The van der Waals surface area contributed by atoms with Gasteiger partial charge >= 0.3 is 0 Å². The van der Waals surface area contributed by atoms with Crippen molar-refractivity contribution in [3.63, 3.8) is 0 Å². The van der Waals surface area contributed by atoms with Gasteiger partial charge in [0.25, 0.3) is 0 Å². The first-order valence-electron chi connectivity index (χ1n) is 4.00. The minimum absolute atomic E-state index is 0.164. The molecule has 0 aliphatic carbocycles. The normalized spacial score (nSPS) is 10.5. The van der Waals surface area contributed by atoms with Crippen LogP contribution in [0.15, 0.2) is 21.7 Å². The number of nitrogen functional groups attached to an aromatic ring is 1. The lowest BCUT2D eigenvalue weighted by molar-refractivity contribution is 0.577. The van der Waals surface area contributed by atoms with Gasteiger partial charge in [-0.1, -0.05) is 11.8 Å². The number of anilines is 1. The lowest BCUT2D eigenvalue weighted by Gasteiger charge is -1.99. The molecule has 0 unspecified atom stereocenters. The summed E-state index contributed by atoms with van der Waals surface area (Å²) in [6.07, 6.45) is 1.85. The average molecular weight is 243 g/mol. The van der Waals surface area contributed by atoms with Crippen molar-refractivity contribution in [3.05, 3.63) is 17.4 Å². The van der Waals surface area contributed by atoms with Crippen molar-refractivity contribution in [2.24, 2.45) is 0 Å². The molecule has 0 bridgehead atoms. The van der Waals surface area contributed by atoms with Crippen molar-refractivity contribution in [2.75, 3.05) is 12.0 Å². The van der Waals surface area contributed by atoms with Crippen LogP contribution in [0.1, 0.15) is 0 Å². The summed E-state index contributed by atoms with van der Waals surface area (Å²) in [6, 6.07) is 3.30. The third-order valence-electron chi connectivity index (χ3n) is 1.61. The van der Waals surface area contributed by atoms with Crippen LogP contribution in [0.2, 0.25) is 5.22 Å². The van der Waals surface area contributed by atoms with Crippen LogP contribution in [0.25, 0.3) is 11.6 Å². The summed E-state index contributed by atoms with van der Waals surface area (Å²) in [7, 11) is 0. The van der Waals surface area contributed by atoms with E-state index in [0.717, 1.165) is 0 Å². The number of thioether (sulfide) groups is 1. The molecular weight excluding hydrogens is 236 g/mol. The van der Waals surface area contributed by atoms with Gasteiger partial charge in [0, 0.05) is 0 Å². The number of halogens is 1. The summed E-state index contributed by atoms with van der Waals surface area (Å²) in [6.45, 7) is 0. The molecule has 2 aromatic heterocycles. The van der Waals surface area contributed by atoms with Crippen LogP contribution in [0.3, 0.4) is 0 Å². The Morgan fingerprint density at radius 1 is 1.33 bits per heavy atom. The van der Waals surface area contributed by atoms with E-state index in [9.17, 15) is 0 Å². The van der Waals surface area contributed by atoms with E-state index in [0.29, 0.717) is 16.7 Å². The molecule has 5 nitrogen and oxygen atoms in total. The van der Waals surface area contributed by atoms with Crippen molar-refractivity contribution < 1.29 is 4.42 Å². The van der Waals surface area contributed by atoms with E-state index in [2.05, 4.69) is 15.0 Å². The van der Waals surface area contributed by atoms with Gasteiger partial charge in [0.05, 0.1) is 0 Å². The number of nitrogens with zero attached hydrogens (tertiary/aromatic N) is 3. The summed E-state index contributed by atoms with van der Waals surface area (Å²) in [5.74, 6) is 1.03. The molecular formula is C8H7ClN4OS. The minimum Gasteiger partial charge on any atom is -0.441 e. The van der Waals surface area contributed by atoms with E-state index in [1.807, 2.05) is 6.26 Å². The predicted molar refractivity (Wildman–Crippen MR) is 58.7 cm³/mol. The molecule has 15 heavy (non-hydrogen) atoms. The van der Waals surface area contributed by atoms with Gasteiger partial charge in [0.1, 0.15) is 0 Å². The molecule has 0 saturated heterocycles. The topological polar surface area (TPSA) is 77.8 Å². The molecule has 0 amide bonds. The van der Waals surface area contributed by atoms with Crippen molar-refractivity contribution in [3.8, 4) is 11.6 Å². The van der Waals surface area contributed by atoms with E-state index in [1.165, 1.54) is 11.8 Å². The van der Waals surface area contributed by atoms with Crippen LogP contribution in [-0.4, -0.2) is 21.2 Å². The maximum absolute atomic E-state index is 5.65. The lowest BCUT2D eigenvalue weighted by atomic mass is 10.4. The summed E-state index contributed by atoms with van der Waals surface area (Å²) in [5, 5.41) is 0.833. The highest BCUT2D eigenvalue weighted by atomic mass is 35.5. The summed E-state index contributed by atoms with van der Waals surface area (Å²) in [5.41, 5.74) is 5.53. The third-order valence-corrected chi connectivity index (χ3v) is 2.36. The average Bonchev–Trinajstić information content (AvgIpc) is 2.64. The van der Waals surface area contributed by atoms with Gasteiger partial charge in [-0.15, -0.1) is 0 Å². The quantitative estimate of drug-likeness (QED) is 0.813. The van der Waals surface area contributed by atoms with Gasteiger partial charge < -0.3 is 10.2 Å². The lowest BCUT2D eigenvalue weighted by Crippen LogP contribution is -2.00. The Labute approximate surface area is 95.1 Å². The van der Waals surface area contributed by atoms with E-state index in [-0.39, 0.29) is 11.2 Å². The fraction of sp³-hybridized carbons (Fsp3) is 0.125. The fourth-order valence-electron chi connectivity index (χ4n) is 1.01. The number of hydrogen-bond donors (Lipinski definition) is 1. The highest BCUT2D eigenvalue weighted by Gasteiger charge is 2.09. The molecule has 0 fully saturated rings. The largest absolute Gasteiger partial charge is 0.441 e. The Balaban J connectivity index is 2.48. The number of furan rings is 1. The van der Waals surface area contributed by atoms with Gasteiger partial charge in [-0.25, -0.2) is 0 Å². The molecule has 2 rings (SSSR count). The maximum atomic E-state index is 5.65. The summed E-state index contributed by atoms with van der Waals surface area (Å²) in [4.78, 5) is 12.0. The second-order valence-corrected chi connectivity index (χ2v) is 3.75. The standard InChI is InChI=1S/C8H7ClN4OS/c1-15-8-12-6(11-7(10)13-8)4-2-3-5(9)14-4/h2-3H,1H3,(H2,10,11,12,13). The van der Waals surface area contributed by atoms with Crippen LogP contribution in [0.4, 0.5) is 5.95 Å². The molecule has 0 spiro atoms. The zero-order chi connectivity index (χ0) is 10.8. The second kappa shape index (κ2) is 4.08. The van der Waals surface area contributed by atoms with Crippen LogP contribution in [0, 0.1) is 0 Å². The third kappa shape index (κ3) is 2.21. The first kappa shape index (κ1) is 10.3. The van der Waals surface area contributed by atoms with E-state index in [4.69, 9.17) is 21.8 Å². The molecule has 0 aliphatic rings. The zero-order valence-corrected chi connectivity index (χ0v) is 9.34. The van der Waals surface area contributed by atoms with Crippen LogP contribution >= 0.6 is 23.4 Å². The highest BCUT2D eigenvalue weighted by molar-refractivity contribution is 7.98. The Kier molecular flexibility index (Phi) is 2.79. The van der Waals surface area contributed by atoms with E-state index < -0.39 is 0 Å². The molecule has 0 atom stereocenters. The van der Waals surface area contributed by atoms with Gasteiger partial charge in [0.15, 0.2) is 16.1 Å². The minimum atomic E-state index is 0.164. The van der Waals surface area contributed by atoms with Crippen LogP contribution in [-0.2, 0) is 0 Å². The highest BCUT2D eigenvalue weighted by Crippen LogP contribution is 2.23. The molecule has 0 saturated carbocycles. The summed E-state index contributed by atoms with van der Waals surface area (Å²) >= 11 is 7.03. The van der Waals surface area contributed by atoms with Gasteiger partial charge in [-0.2, -0.15) is 15.0 Å². The molecule has 0 aliphatic heterocycles. The van der Waals surface area contributed by atoms with Crippen LogP contribution in [0.5, 0.6) is 0 Å². The maximum Gasteiger partial charge on any atom is 0.224 e. The monoisotopic (exact) mass is 242 g/mol. The Morgan fingerprint density at radius 3 is 2.73 bits per heavy atom. The van der Waals surface area contributed by atoms with Gasteiger partial charge in [-0.3, -0.25) is 0 Å². The molecule has 2 N–H and O–H groups in total.